The monoisotopic (exact) mass is 400 g/mol. The van der Waals surface area contributed by atoms with E-state index >= 15 is 0 Å². The Morgan fingerprint density at radius 2 is 0.958 bits per heavy atom. The van der Waals surface area contributed by atoms with E-state index in [-0.39, 0.29) is 0 Å². The van der Waals surface area contributed by atoms with Crippen LogP contribution in [-0.2, 0) is 4.74 Å². The van der Waals surface area contributed by atoms with Gasteiger partial charge in [-0.25, -0.2) is 8.78 Å². The second-order valence-corrected chi connectivity index (χ2v) is 4.09. The predicted octanol–water partition coefficient (Wildman–Crippen LogP) is 4.96. The molecule has 24 heavy (non-hydrogen) atoms. The Hall–Kier alpha value is -1.09. The largest absolute Gasteiger partial charge is 0.522 e. The smallest absolute Gasteiger partial charge is 0.285 e. The van der Waals surface area contributed by atoms with Crippen molar-refractivity contribution in [3.05, 3.63) is 0 Å². The fourth-order valence-corrected chi connectivity index (χ4v) is 1.04. The van der Waals surface area contributed by atoms with Gasteiger partial charge in [-0.3, -0.25) is 4.74 Å². The maximum absolute atomic E-state index is 12.8. The standard InChI is InChI=1S/C8H3F15O/c9-2(10)4(13,14)6(17,18)7(19,20)5(15,16)3(11,12)1-24-8(21,22)23/h2H,1H2. The van der Waals surface area contributed by atoms with Gasteiger partial charge in [0.1, 0.15) is 6.61 Å². The minimum atomic E-state index is -7.88. The third kappa shape index (κ3) is 3.61. The molecule has 0 bridgehead atoms. The highest BCUT2D eigenvalue weighted by Crippen LogP contribution is 2.58. The third-order valence-electron chi connectivity index (χ3n) is 2.36. The van der Waals surface area contributed by atoms with Crippen LogP contribution in [0.2, 0.25) is 0 Å². The average molecular weight is 400 g/mol. The topological polar surface area (TPSA) is 9.23 Å². The number of hydrogen-bond acceptors (Lipinski definition) is 1. The molecule has 0 aliphatic rings. The molecule has 0 aromatic carbocycles. The molecule has 146 valence electrons. The molecule has 0 aromatic rings. The van der Waals surface area contributed by atoms with Gasteiger partial charge in [-0.2, -0.15) is 43.9 Å². The van der Waals surface area contributed by atoms with Gasteiger partial charge < -0.3 is 0 Å². The van der Waals surface area contributed by atoms with Crippen molar-refractivity contribution in [2.24, 2.45) is 0 Å². The number of ether oxygens (including phenoxy) is 1. The summed E-state index contributed by atoms with van der Waals surface area (Å²) in [6, 6.07) is 0. The van der Waals surface area contributed by atoms with E-state index in [1.807, 2.05) is 0 Å². The van der Waals surface area contributed by atoms with Gasteiger partial charge in [-0.05, 0) is 0 Å². The number of halogens is 15. The summed E-state index contributed by atoms with van der Waals surface area (Å²) >= 11 is 0. The molecule has 0 radical (unpaired) electrons. The van der Waals surface area contributed by atoms with E-state index in [2.05, 4.69) is 4.74 Å². The summed E-state index contributed by atoms with van der Waals surface area (Å²) < 4.78 is 187. The number of hydrogen-bond donors (Lipinski definition) is 0. The lowest BCUT2D eigenvalue weighted by atomic mass is 9.94. The van der Waals surface area contributed by atoms with Crippen LogP contribution >= 0.6 is 0 Å². The first-order chi connectivity index (χ1) is 10.2. The minimum Gasteiger partial charge on any atom is -0.285 e. The zero-order valence-electron chi connectivity index (χ0n) is 10.4. The Bertz CT molecular complexity index is 435. The second kappa shape index (κ2) is 6.01. The first kappa shape index (κ1) is 22.9. The maximum atomic E-state index is 12.8. The van der Waals surface area contributed by atoms with Crippen molar-refractivity contribution in [2.75, 3.05) is 6.61 Å². The van der Waals surface area contributed by atoms with E-state index in [9.17, 15) is 65.9 Å². The zero-order valence-corrected chi connectivity index (χ0v) is 10.4. The summed E-state index contributed by atoms with van der Waals surface area (Å²) in [6.45, 7) is -3.67. The Morgan fingerprint density at radius 1 is 0.583 bits per heavy atom. The molecule has 0 aliphatic heterocycles. The Labute approximate surface area is 121 Å². The Morgan fingerprint density at radius 3 is 1.25 bits per heavy atom. The quantitative estimate of drug-likeness (QED) is 0.549. The van der Waals surface area contributed by atoms with Crippen molar-refractivity contribution < 1.29 is 70.6 Å². The summed E-state index contributed by atoms with van der Waals surface area (Å²) in [7, 11) is 0. The van der Waals surface area contributed by atoms with Crippen molar-refractivity contribution in [2.45, 2.75) is 42.4 Å². The van der Waals surface area contributed by atoms with E-state index in [1.165, 1.54) is 0 Å². The van der Waals surface area contributed by atoms with Crippen LogP contribution in [0.3, 0.4) is 0 Å². The normalized spacial score (nSPS) is 16.0. The summed E-state index contributed by atoms with van der Waals surface area (Å²) in [6.07, 6.45) is -11.8. The van der Waals surface area contributed by atoms with Crippen LogP contribution in [0.5, 0.6) is 0 Å². The van der Waals surface area contributed by atoms with Crippen LogP contribution < -0.4 is 0 Å². The molecule has 0 aliphatic carbocycles. The average Bonchev–Trinajstić information content (AvgIpc) is 2.34. The van der Waals surface area contributed by atoms with Crippen LogP contribution in [0.15, 0.2) is 0 Å². The fraction of sp³-hybridized carbons (Fsp3) is 1.00. The van der Waals surface area contributed by atoms with Gasteiger partial charge in [-0.15, -0.1) is 13.2 Å². The number of rotatable bonds is 7. The molecule has 0 saturated heterocycles. The third-order valence-corrected chi connectivity index (χ3v) is 2.36. The van der Waals surface area contributed by atoms with Gasteiger partial charge >= 0.3 is 42.4 Å². The first-order valence-corrected chi connectivity index (χ1v) is 5.03. The molecular formula is C8H3F15O. The van der Waals surface area contributed by atoms with Gasteiger partial charge in [0, 0.05) is 0 Å². The molecule has 16 heteroatoms. The summed E-state index contributed by atoms with van der Waals surface area (Å²) in [5.41, 5.74) is 0. The molecule has 0 spiro atoms. The van der Waals surface area contributed by atoms with E-state index in [0.29, 0.717) is 0 Å². The van der Waals surface area contributed by atoms with Crippen LogP contribution in [0.4, 0.5) is 65.9 Å². The van der Waals surface area contributed by atoms with E-state index in [1.54, 1.807) is 0 Å². The molecule has 0 aromatic heterocycles. The second-order valence-electron chi connectivity index (χ2n) is 4.09. The van der Waals surface area contributed by atoms with Crippen LogP contribution in [0.25, 0.3) is 0 Å². The van der Waals surface area contributed by atoms with Crippen molar-refractivity contribution in [1.29, 1.82) is 0 Å². The molecule has 0 atom stereocenters. The van der Waals surface area contributed by atoms with Crippen LogP contribution in [0, 0.1) is 0 Å². The highest BCUT2D eigenvalue weighted by atomic mass is 19.4. The molecule has 0 rings (SSSR count). The zero-order chi connectivity index (χ0) is 20.0. The van der Waals surface area contributed by atoms with Crippen molar-refractivity contribution in [3.63, 3.8) is 0 Å². The van der Waals surface area contributed by atoms with Crippen molar-refractivity contribution in [1.82, 2.24) is 0 Å². The minimum absolute atomic E-state index is 2.08. The molecule has 1 nitrogen and oxygen atoms in total. The molecule has 0 fully saturated rings. The van der Waals surface area contributed by atoms with E-state index in [4.69, 9.17) is 0 Å². The van der Waals surface area contributed by atoms with Gasteiger partial charge in [0.25, 0.3) is 0 Å². The van der Waals surface area contributed by atoms with E-state index in [0.717, 1.165) is 0 Å². The molecule has 0 unspecified atom stereocenters. The molecule has 0 N–H and O–H groups in total. The number of alkyl halides is 15. The molecule has 0 saturated carbocycles. The highest BCUT2D eigenvalue weighted by molar-refractivity contribution is 5.09. The molecule has 0 amide bonds. The maximum Gasteiger partial charge on any atom is 0.522 e. The van der Waals surface area contributed by atoms with Gasteiger partial charge in [-0.1, -0.05) is 0 Å². The lowest BCUT2D eigenvalue weighted by molar-refractivity contribution is -0.425. The van der Waals surface area contributed by atoms with Gasteiger partial charge in [0.15, 0.2) is 0 Å². The van der Waals surface area contributed by atoms with E-state index < -0.39 is 49.0 Å². The summed E-state index contributed by atoms with van der Waals surface area (Å²) in [5.74, 6) is -37.2. The lowest BCUT2D eigenvalue weighted by Crippen LogP contribution is -2.69. The lowest BCUT2D eigenvalue weighted by Gasteiger charge is -2.39. The summed E-state index contributed by atoms with van der Waals surface area (Å²) in [4.78, 5) is 0. The van der Waals surface area contributed by atoms with Crippen molar-refractivity contribution in [3.8, 4) is 0 Å². The van der Waals surface area contributed by atoms with Crippen LogP contribution in [-0.4, -0.2) is 49.0 Å². The predicted molar refractivity (Wildman–Crippen MR) is 42.7 cm³/mol. The fourth-order valence-electron chi connectivity index (χ4n) is 1.04. The molecular weight excluding hydrogens is 397 g/mol. The van der Waals surface area contributed by atoms with Gasteiger partial charge in [0.2, 0.25) is 0 Å². The van der Waals surface area contributed by atoms with Crippen molar-refractivity contribution >= 4 is 0 Å². The van der Waals surface area contributed by atoms with Crippen LogP contribution in [0.1, 0.15) is 0 Å². The van der Waals surface area contributed by atoms with Gasteiger partial charge in [0.05, 0.1) is 0 Å². The molecule has 0 heterocycles. The Balaban J connectivity index is 5.89. The summed E-state index contributed by atoms with van der Waals surface area (Å²) in [5, 5.41) is 0. The highest BCUT2D eigenvalue weighted by Gasteiger charge is 2.87. The first-order valence-electron chi connectivity index (χ1n) is 5.03. The SMILES string of the molecule is FC(F)C(F)(F)C(F)(F)C(F)(F)C(F)(F)C(F)(F)COC(F)(F)F. The Kier molecular flexibility index (Phi) is 5.74.